The van der Waals surface area contributed by atoms with Gasteiger partial charge in [-0.15, -0.1) is 4.68 Å². The van der Waals surface area contributed by atoms with E-state index in [4.69, 9.17) is 0 Å². The molecular weight excluding hydrogens is 304 g/mol. The second-order valence-electron chi connectivity index (χ2n) is 5.63. The van der Waals surface area contributed by atoms with Crippen molar-refractivity contribution in [2.75, 3.05) is 0 Å². The summed E-state index contributed by atoms with van der Waals surface area (Å²) < 4.78 is 0.831. The van der Waals surface area contributed by atoms with Crippen LogP contribution in [-0.4, -0.2) is 20.9 Å². The van der Waals surface area contributed by atoms with Crippen molar-refractivity contribution in [2.45, 2.75) is 6.92 Å². The molecule has 0 atom stereocenters. The molecular formula is C18H14N4O2. The Balaban J connectivity index is 1.95. The van der Waals surface area contributed by atoms with Crippen LogP contribution in [0.2, 0.25) is 0 Å². The fraction of sp³-hybridized carbons (Fsp3) is 0.0556. The fourth-order valence-electron chi connectivity index (χ4n) is 2.72. The molecule has 6 nitrogen and oxygen atoms in total. The first-order valence-electron chi connectivity index (χ1n) is 7.50. The highest BCUT2D eigenvalue weighted by Crippen LogP contribution is 2.21. The summed E-state index contributed by atoms with van der Waals surface area (Å²) in [5.74, 6) is 0. The highest BCUT2D eigenvalue weighted by Gasteiger charge is 2.12. The molecule has 2 aromatic heterocycles. The van der Waals surface area contributed by atoms with Crippen LogP contribution in [0.4, 0.5) is 0 Å². The third kappa shape index (κ3) is 2.25. The van der Waals surface area contributed by atoms with Gasteiger partial charge in [-0.25, -0.2) is 4.79 Å². The van der Waals surface area contributed by atoms with E-state index in [9.17, 15) is 9.59 Å². The molecule has 0 saturated heterocycles. The summed E-state index contributed by atoms with van der Waals surface area (Å²) in [7, 11) is 0. The van der Waals surface area contributed by atoms with Crippen molar-refractivity contribution in [1.82, 2.24) is 14.6 Å². The van der Waals surface area contributed by atoms with Gasteiger partial charge >= 0.3 is 11.2 Å². The molecule has 0 radical (unpaired) electrons. The van der Waals surface area contributed by atoms with E-state index < -0.39 is 11.2 Å². The molecule has 0 unspecified atom stereocenters. The normalized spacial score (nSPS) is 11.7. The average molecular weight is 318 g/mol. The average Bonchev–Trinajstić information content (AvgIpc) is 2.94. The number of aromatic nitrogens is 3. The van der Waals surface area contributed by atoms with Crippen LogP contribution in [-0.2, 0) is 0 Å². The molecule has 0 spiro atoms. The molecule has 118 valence electrons. The first-order valence-corrected chi connectivity index (χ1v) is 7.50. The van der Waals surface area contributed by atoms with Crippen LogP contribution in [0.15, 0.2) is 63.2 Å². The first-order chi connectivity index (χ1) is 11.6. The first kappa shape index (κ1) is 14.2. The zero-order chi connectivity index (χ0) is 16.7. The Morgan fingerprint density at radius 1 is 1.00 bits per heavy atom. The van der Waals surface area contributed by atoms with Gasteiger partial charge in [0.15, 0.2) is 0 Å². The number of fused-ring (bicyclic) bond motifs is 3. The van der Waals surface area contributed by atoms with Crippen molar-refractivity contribution in [3.63, 3.8) is 0 Å². The smallest absolute Gasteiger partial charge is 0.349 e. The van der Waals surface area contributed by atoms with Crippen LogP contribution < -0.4 is 11.2 Å². The maximum absolute atomic E-state index is 12.6. The summed E-state index contributed by atoms with van der Waals surface area (Å²) in [4.78, 5) is 30.7. The molecule has 6 heteroatoms. The van der Waals surface area contributed by atoms with Crippen molar-refractivity contribution in [2.24, 2.45) is 5.10 Å². The number of nitrogens with one attached hydrogen (secondary N) is 2. The van der Waals surface area contributed by atoms with Crippen LogP contribution in [0.25, 0.3) is 21.9 Å². The predicted octanol–water partition coefficient (Wildman–Crippen LogP) is 2.36. The maximum atomic E-state index is 12.6. The number of benzene rings is 2. The van der Waals surface area contributed by atoms with E-state index in [-0.39, 0.29) is 0 Å². The number of aromatic amines is 2. The van der Waals surface area contributed by atoms with Crippen LogP contribution in [0.5, 0.6) is 0 Å². The largest absolute Gasteiger partial charge is 0.350 e. The zero-order valence-corrected chi connectivity index (χ0v) is 12.9. The van der Waals surface area contributed by atoms with E-state index in [1.165, 1.54) is 6.21 Å². The summed E-state index contributed by atoms with van der Waals surface area (Å²) in [6.45, 7) is 1.96. The van der Waals surface area contributed by atoms with Gasteiger partial charge in [0, 0.05) is 10.9 Å². The Bertz CT molecular complexity index is 1200. The lowest BCUT2D eigenvalue weighted by molar-refractivity contribution is 0.770. The zero-order valence-electron chi connectivity index (χ0n) is 12.9. The van der Waals surface area contributed by atoms with Gasteiger partial charge < -0.3 is 9.97 Å². The summed E-state index contributed by atoms with van der Waals surface area (Å²) in [6.07, 6.45) is 1.48. The van der Waals surface area contributed by atoms with E-state index in [0.717, 1.165) is 26.7 Å². The molecule has 0 aliphatic heterocycles. The molecule has 0 aliphatic rings. The molecule has 2 aromatic carbocycles. The third-order valence-corrected chi connectivity index (χ3v) is 3.91. The summed E-state index contributed by atoms with van der Waals surface area (Å²) in [6, 6.07) is 15.0. The van der Waals surface area contributed by atoms with Crippen molar-refractivity contribution in [1.29, 1.82) is 0 Å². The van der Waals surface area contributed by atoms with E-state index in [0.29, 0.717) is 11.0 Å². The molecule has 0 fully saturated rings. The number of rotatable bonds is 2. The Morgan fingerprint density at radius 2 is 1.79 bits per heavy atom. The molecule has 0 aliphatic carbocycles. The second-order valence-corrected chi connectivity index (χ2v) is 5.63. The summed E-state index contributed by atoms with van der Waals surface area (Å²) >= 11 is 0. The molecule has 4 aromatic rings. The van der Waals surface area contributed by atoms with Crippen molar-refractivity contribution < 1.29 is 0 Å². The Hall–Kier alpha value is -3.41. The number of H-pyrrole nitrogens is 2. The van der Waals surface area contributed by atoms with E-state index >= 15 is 0 Å². The van der Waals surface area contributed by atoms with Gasteiger partial charge in [-0.3, -0.25) is 4.79 Å². The van der Waals surface area contributed by atoms with Crippen molar-refractivity contribution >= 4 is 28.2 Å². The van der Waals surface area contributed by atoms with Gasteiger partial charge in [-0.05, 0) is 24.6 Å². The van der Waals surface area contributed by atoms with Crippen LogP contribution in [0.3, 0.4) is 0 Å². The summed E-state index contributed by atoms with van der Waals surface area (Å²) in [5.41, 5.74) is 2.45. The van der Waals surface area contributed by atoms with Gasteiger partial charge in [0.2, 0.25) is 0 Å². The van der Waals surface area contributed by atoms with Gasteiger partial charge in [-0.1, -0.05) is 42.0 Å². The highest BCUT2D eigenvalue weighted by molar-refractivity contribution is 6.04. The molecule has 0 amide bonds. The quantitative estimate of drug-likeness (QED) is 0.556. The standard InChI is InChI=1S/C18H14N4O2/c1-11-7-8-14-13(9-11)15-16(20-14)17(23)22(18(24)21-15)19-10-12-5-3-2-4-6-12/h2-10,20H,1H3,(H,21,24)/b19-10+. The van der Waals surface area contributed by atoms with E-state index in [1.54, 1.807) is 0 Å². The highest BCUT2D eigenvalue weighted by atomic mass is 16.2. The Morgan fingerprint density at radius 3 is 2.58 bits per heavy atom. The molecule has 2 N–H and O–H groups in total. The minimum atomic E-state index is -0.568. The van der Waals surface area contributed by atoms with Crippen molar-refractivity contribution in [3.05, 3.63) is 80.5 Å². The van der Waals surface area contributed by atoms with Gasteiger partial charge in [0.05, 0.1) is 11.7 Å². The number of hydrogen-bond acceptors (Lipinski definition) is 3. The lowest BCUT2D eigenvalue weighted by Crippen LogP contribution is -2.32. The van der Waals surface area contributed by atoms with E-state index in [1.807, 2.05) is 55.5 Å². The second kappa shape index (κ2) is 5.34. The monoisotopic (exact) mass is 318 g/mol. The van der Waals surface area contributed by atoms with Crippen LogP contribution in [0, 0.1) is 6.92 Å². The van der Waals surface area contributed by atoms with Gasteiger partial charge in [0.1, 0.15) is 5.52 Å². The minimum absolute atomic E-state index is 0.334. The Labute approximate surface area is 136 Å². The van der Waals surface area contributed by atoms with Crippen molar-refractivity contribution in [3.8, 4) is 0 Å². The SMILES string of the molecule is Cc1ccc2[nH]c3c(=O)n(/N=C/c4ccccc4)c(=O)[nH]c3c2c1. The summed E-state index contributed by atoms with van der Waals surface area (Å²) in [5, 5.41) is 4.85. The van der Waals surface area contributed by atoms with Crippen LogP contribution in [0.1, 0.15) is 11.1 Å². The van der Waals surface area contributed by atoms with Gasteiger partial charge in [0.25, 0.3) is 0 Å². The number of hydrogen-bond donors (Lipinski definition) is 2. The Kier molecular flexibility index (Phi) is 3.16. The molecule has 0 bridgehead atoms. The predicted molar refractivity (Wildman–Crippen MR) is 94.9 cm³/mol. The molecule has 0 saturated carbocycles. The lowest BCUT2D eigenvalue weighted by Gasteiger charge is -1.98. The fourth-order valence-corrected chi connectivity index (χ4v) is 2.72. The lowest BCUT2D eigenvalue weighted by atomic mass is 10.2. The van der Waals surface area contributed by atoms with Gasteiger partial charge in [-0.2, -0.15) is 5.10 Å². The molecule has 4 rings (SSSR count). The molecule has 2 heterocycles. The minimum Gasteiger partial charge on any atom is -0.349 e. The van der Waals surface area contributed by atoms with Crippen LogP contribution >= 0.6 is 0 Å². The number of nitrogens with zero attached hydrogens (tertiary/aromatic N) is 2. The maximum Gasteiger partial charge on any atom is 0.350 e. The van der Waals surface area contributed by atoms with E-state index in [2.05, 4.69) is 15.1 Å². The number of aryl methyl sites for hydroxylation is 1. The topological polar surface area (TPSA) is 83.0 Å². The molecule has 24 heavy (non-hydrogen) atoms. The third-order valence-electron chi connectivity index (χ3n) is 3.91.